The third kappa shape index (κ3) is 4.63. The third-order valence-corrected chi connectivity index (χ3v) is 4.14. The van der Waals surface area contributed by atoms with Gasteiger partial charge in [-0.1, -0.05) is 38.1 Å². The van der Waals surface area contributed by atoms with Crippen molar-refractivity contribution >= 4 is 0 Å². The van der Waals surface area contributed by atoms with E-state index in [1.54, 1.807) is 0 Å². The Kier molecular flexibility index (Phi) is 5.00. The van der Waals surface area contributed by atoms with Crippen LogP contribution in [0.1, 0.15) is 44.7 Å². The summed E-state index contributed by atoms with van der Waals surface area (Å²) in [5.41, 5.74) is 2.82. The lowest BCUT2D eigenvalue weighted by atomic mass is 10.1. The summed E-state index contributed by atoms with van der Waals surface area (Å²) in [7, 11) is 2.25. The van der Waals surface area contributed by atoms with Gasteiger partial charge in [0.25, 0.3) is 0 Å². The van der Waals surface area contributed by atoms with Gasteiger partial charge in [0.1, 0.15) is 0 Å². The van der Waals surface area contributed by atoms with E-state index in [0.717, 1.165) is 25.0 Å². The van der Waals surface area contributed by atoms with Gasteiger partial charge >= 0.3 is 0 Å². The summed E-state index contributed by atoms with van der Waals surface area (Å²) in [6, 6.07) is 10.2. The molecule has 0 bridgehead atoms. The van der Waals surface area contributed by atoms with Crippen LogP contribution in [0, 0.1) is 5.92 Å². The molecular formula is C17H28N2. The predicted molar refractivity (Wildman–Crippen MR) is 82.1 cm³/mol. The highest BCUT2D eigenvalue weighted by atomic mass is 15.1. The summed E-state index contributed by atoms with van der Waals surface area (Å²) in [5.74, 6) is 0.941. The molecule has 2 nitrogen and oxygen atoms in total. The van der Waals surface area contributed by atoms with Crippen molar-refractivity contribution < 1.29 is 0 Å². The number of nitrogens with zero attached hydrogens (tertiary/aromatic N) is 1. The van der Waals surface area contributed by atoms with Gasteiger partial charge in [-0.3, -0.25) is 4.90 Å². The fourth-order valence-corrected chi connectivity index (χ4v) is 2.53. The molecule has 106 valence electrons. The van der Waals surface area contributed by atoms with Crippen LogP contribution in [0.5, 0.6) is 0 Å². The van der Waals surface area contributed by atoms with Crippen LogP contribution in [0.15, 0.2) is 24.3 Å². The van der Waals surface area contributed by atoms with Crippen molar-refractivity contribution in [2.75, 3.05) is 7.05 Å². The molecule has 0 saturated heterocycles. The first-order chi connectivity index (χ1) is 9.06. The Morgan fingerprint density at radius 3 is 2.53 bits per heavy atom. The average Bonchev–Trinajstić information content (AvgIpc) is 3.20. The number of nitrogens with one attached hydrogen (secondary N) is 1. The van der Waals surface area contributed by atoms with Gasteiger partial charge in [-0.05, 0) is 43.9 Å². The largest absolute Gasteiger partial charge is 0.310 e. The first kappa shape index (κ1) is 14.5. The highest BCUT2D eigenvalue weighted by molar-refractivity contribution is 5.23. The van der Waals surface area contributed by atoms with Gasteiger partial charge in [0.15, 0.2) is 0 Å². The Balaban J connectivity index is 1.90. The van der Waals surface area contributed by atoms with Crippen LogP contribution in [0.4, 0.5) is 0 Å². The molecule has 1 atom stereocenters. The zero-order chi connectivity index (χ0) is 13.8. The Morgan fingerprint density at radius 2 is 1.89 bits per heavy atom. The minimum Gasteiger partial charge on any atom is -0.310 e. The smallest absolute Gasteiger partial charge is 0.0233 e. The Bertz CT molecular complexity index is 396. The van der Waals surface area contributed by atoms with Crippen molar-refractivity contribution in [2.45, 2.75) is 58.8 Å². The average molecular weight is 260 g/mol. The summed E-state index contributed by atoms with van der Waals surface area (Å²) in [5, 5.41) is 3.48. The summed E-state index contributed by atoms with van der Waals surface area (Å²) in [4.78, 5) is 2.49. The molecule has 1 aromatic carbocycles. The second-order valence-electron chi connectivity index (χ2n) is 6.35. The van der Waals surface area contributed by atoms with Crippen LogP contribution in [0.3, 0.4) is 0 Å². The standard InChI is InChI=1S/C17H28N2/c1-13(2)18-11-15-6-5-7-16(10-15)12-19(4)14(3)17-8-9-17/h5-7,10,13-14,17-18H,8-9,11-12H2,1-4H3. The monoisotopic (exact) mass is 260 g/mol. The maximum atomic E-state index is 3.48. The second kappa shape index (κ2) is 6.53. The molecule has 0 aromatic heterocycles. The van der Waals surface area contributed by atoms with Gasteiger partial charge in [0, 0.05) is 25.2 Å². The van der Waals surface area contributed by atoms with Crippen LogP contribution < -0.4 is 5.32 Å². The lowest BCUT2D eigenvalue weighted by Crippen LogP contribution is -2.30. The molecule has 2 rings (SSSR count). The SMILES string of the molecule is CC(C)NCc1cccc(CN(C)C(C)C2CC2)c1. The number of hydrogen-bond donors (Lipinski definition) is 1. The first-order valence-electron chi connectivity index (χ1n) is 7.57. The van der Waals surface area contributed by atoms with Crippen LogP contribution in [-0.4, -0.2) is 24.0 Å². The van der Waals surface area contributed by atoms with Crippen LogP contribution in [0.2, 0.25) is 0 Å². The summed E-state index contributed by atoms with van der Waals surface area (Å²) in [6.45, 7) is 8.77. The fraction of sp³-hybridized carbons (Fsp3) is 0.647. The van der Waals surface area contributed by atoms with E-state index >= 15 is 0 Å². The molecule has 19 heavy (non-hydrogen) atoms. The van der Waals surface area contributed by atoms with E-state index in [9.17, 15) is 0 Å². The molecule has 2 heteroatoms. The fourth-order valence-electron chi connectivity index (χ4n) is 2.53. The van der Waals surface area contributed by atoms with E-state index in [4.69, 9.17) is 0 Å². The van der Waals surface area contributed by atoms with Crippen molar-refractivity contribution in [3.05, 3.63) is 35.4 Å². The highest BCUT2D eigenvalue weighted by Gasteiger charge is 2.30. The lowest BCUT2D eigenvalue weighted by molar-refractivity contribution is 0.226. The number of benzene rings is 1. The molecule has 0 amide bonds. The van der Waals surface area contributed by atoms with Gasteiger partial charge in [-0.25, -0.2) is 0 Å². The minimum atomic E-state index is 0.543. The quantitative estimate of drug-likeness (QED) is 0.808. The van der Waals surface area contributed by atoms with Gasteiger partial charge in [0.2, 0.25) is 0 Å². The molecule has 1 fully saturated rings. The van der Waals surface area contributed by atoms with Crippen LogP contribution in [-0.2, 0) is 13.1 Å². The molecule has 1 aromatic rings. The van der Waals surface area contributed by atoms with E-state index in [-0.39, 0.29) is 0 Å². The Hall–Kier alpha value is -0.860. The molecule has 0 radical (unpaired) electrons. The minimum absolute atomic E-state index is 0.543. The van der Waals surface area contributed by atoms with Gasteiger partial charge in [-0.2, -0.15) is 0 Å². The summed E-state index contributed by atoms with van der Waals surface area (Å²) >= 11 is 0. The Morgan fingerprint density at radius 1 is 1.21 bits per heavy atom. The molecule has 1 unspecified atom stereocenters. The highest BCUT2D eigenvalue weighted by Crippen LogP contribution is 2.35. The maximum Gasteiger partial charge on any atom is 0.0233 e. The van der Waals surface area contributed by atoms with Crippen molar-refractivity contribution in [2.24, 2.45) is 5.92 Å². The first-order valence-corrected chi connectivity index (χ1v) is 7.57. The molecule has 1 N–H and O–H groups in total. The van der Waals surface area contributed by atoms with Gasteiger partial charge in [-0.15, -0.1) is 0 Å². The van der Waals surface area contributed by atoms with Crippen molar-refractivity contribution in [3.63, 3.8) is 0 Å². The summed E-state index contributed by atoms with van der Waals surface area (Å²) in [6.07, 6.45) is 2.84. The molecule has 1 aliphatic carbocycles. The van der Waals surface area contributed by atoms with E-state index in [1.807, 2.05) is 0 Å². The van der Waals surface area contributed by atoms with E-state index in [1.165, 1.54) is 24.0 Å². The molecule has 0 spiro atoms. The molecule has 1 aliphatic rings. The second-order valence-corrected chi connectivity index (χ2v) is 6.35. The van der Waals surface area contributed by atoms with Crippen molar-refractivity contribution in [1.82, 2.24) is 10.2 Å². The zero-order valence-corrected chi connectivity index (χ0v) is 12.8. The predicted octanol–water partition coefficient (Wildman–Crippen LogP) is 3.41. The van der Waals surface area contributed by atoms with E-state index in [2.05, 4.69) is 62.3 Å². The molecule has 0 aliphatic heterocycles. The van der Waals surface area contributed by atoms with Crippen molar-refractivity contribution in [3.8, 4) is 0 Å². The van der Waals surface area contributed by atoms with Crippen LogP contribution in [0.25, 0.3) is 0 Å². The lowest BCUT2D eigenvalue weighted by Gasteiger charge is -2.24. The topological polar surface area (TPSA) is 15.3 Å². The molecule has 1 saturated carbocycles. The molecular weight excluding hydrogens is 232 g/mol. The third-order valence-electron chi connectivity index (χ3n) is 4.14. The van der Waals surface area contributed by atoms with E-state index in [0.29, 0.717) is 6.04 Å². The molecule has 0 heterocycles. The summed E-state index contributed by atoms with van der Waals surface area (Å²) < 4.78 is 0. The maximum absolute atomic E-state index is 3.48. The van der Waals surface area contributed by atoms with Crippen LogP contribution >= 0.6 is 0 Å². The van der Waals surface area contributed by atoms with Gasteiger partial charge in [0.05, 0.1) is 0 Å². The van der Waals surface area contributed by atoms with Gasteiger partial charge < -0.3 is 5.32 Å². The zero-order valence-electron chi connectivity index (χ0n) is 12.8. The Labute approximate surface area is 118 Å². The number of rotatable bonds is 7. The number of hydrogen-bond acceptors (Lipinski definition) is 2. The normalized spacial score (nSPS) is 17.2. The van der Waals surface area contributed by atoms with Crippen molar-refractivity contribution in [1.29, 1.82) is 0 Å². The van der Waals surface area contributed by atoms with E-state index < -0.39 is 0 Å².